The van der Waals surface area contributed by atoms with E-state index >= 15 is 0 Å². The second-order valence-electron chi connectivity index (χ2n) is 5.96. The van der Waals surface area contributed by atoms with Crippen LogP contribution in [0.15, 0.2) is 30.5 Å². The smallest absolute Gasteiger partial charge is 0.255 e. The van der Waals surface area contributed by atoms with E-state index in [1.807, 2.05) is 47.6 Å². The van der Waals surface area contributed by atoms with Crippen molar-refractivity contribution in [3.63, 3.8) is 0 Å². The summed E-state index contributed by atoms with van der Waals surface area (Å²) in [5.41, 5.74) is 8.69. The van der Waals surface area contributed by atoms with E-state index in [0.29, 0.717) is 6.54 Å². The van der Waals surface area contributed by atoms with E-state index in [9.17, 15) is 4.79 Å². The van der Waals surface area contributed by atoms with Gasteiger partial charge < -0.3 is 15.2 Å². The van der Waals surface area contributed by atoms with E-state index in [4.69, 9.17) is 5.73 Å². The molecule has 1 fully saturated rings. The van der Waals surface area contributed by atoms with Crippen LogP contribution in [-0.2, 0) is 0 Å². The molecule has 3 heterocycles. The Kier molecular flexibility index (Phi) is 3.98. The average molecular weight is 298 g/mol. The van der Waals surface area contributed by atoms with Gasteiger partial charge in [-0.25, -0.2) is 4.98 Å². The summed E-state index contributed by atoms with van der Waals surface area (Å²) in [5.74, 6) is 0.914. The standard InChI is InChI=1S/C17H22N4O/c1-12-10-15(17(22)20-9-5-6-14(18)11-20)13(2)21(12)16-7-3-4-8-19-16/h3-4,7-8,10,14H,5-6,9,11,18H2,1-2H3. The first-order valence-electron chi connectivity index (χ1n) is 7.73. The largest absolute Gasteiger partial charge is 0.337 e. The van der Waals surface area contributed by atoms with Gasteiger partial charge in [-0.3, -0.25) is 4.79 Å². The molecule has 22 heavy (non-hydrogen) atoms. The van der Waals surface area contributed by atoms with Crippen LogP contribution >= 0.6 is 0 Å². The van der Waals surface area contributed by atoms with Gasteiger partial charge in [0.05, 0.1) is 5.56 Å². The van der Waals surface area contributed by atoms with Gasteiger partial charge in [0.25, 0.3) is 5.91 Å². The fourth-order valence-corrected chi connectivity index (χ4v) is 3.18. The average Bonchev–Trinajstić information content (AvgIpc) is 2.82. The van der Waals surface area contributed by atoms with Gasteiger partial charge in [-0.2, -0.15) is 0 Å². The molecular weight excluding hydrogens is 276 g/mol. The summed E-state index contributed by atoms with van der Waals surface area (Å²) in [4.78, 5) is 19.1. The summed E-state index contributed by atoms with van der Waals surface area (Å²) < 4.78 is 2.02. The summed E-state index contributed by atoms with van der Waals surface area (Å²) in [6.07, 6.45) is 3.74. The summed E-state index contributed by atoms with van der Waals surface area (Å²) in [6, 6.07) is 7.83. The van der Waals surface area contributed by atoms with Crippen LogP contribution in [0.5, 0.6) is 0 Å². The number of likely N-dealkylation sites (tertiary alicyclic amines) is 1. The summed E-state index contributed by atoms with van der Waals surface area (Å²) in [6.45, 7) is 5.41. The summed E-state index contributed by atoms with van der Waals surface area (Å²) in [7, 11) is 0. The molecule has 116 valence electrons. The molecule has 2 aromatic heterocycles. The molecule has 1 unspecified atom stereocenters. The van der Waals surface area contributed by atoms with Crippen molar-refractivity contribution in [3.8, 4) is 5.82 Å². The molecule has 1 amide bonds. The van der Waals surface area contributed by atoms with Gasteiger partial charge in [-0.1, -0.05) is 6.07 Å². The molecule has 2 aromatic rings. The zero-order valence-electron chi connectivity index (χ0n) is 13.1. The van der Waals surface area contributed by atoms with Crippen LogP contribution in [0.2, 0.25) is 0 Å². The number of nitrogens with zero attached hydrogens (tertiary/aromatic N) is 3. The van der Waals surface area contributed by atoms with Crippen molar-refractivity contribution in [2.45, 2.75) is 32.7 Å². The van der Waals surface area contributed by atoms with Gasteiger partial charge >= 0.3 is 0 Å². The Hall–Kier alpha value is -2.14. The van der Waals surface area contributed by atoms with Crippen molar-refractivity contribution >= 4 is 5.91 Å². The van der Waals surface area contributed by atoms with Crippen LogP contribution in [0.1, 0.15) is 34.6 Å². The Morgan fingerprint density at radius 1 is 1.36 bits per heavy atom. The maximum atomic E-state index is 12.8. The van der Waals surface area contributed by atoms with Gasteiger partial charge in [0.15, 0.2) is 0 Å². The number of hydrogen-bond acceptors (Lipinski definition) is 3. The number of amides is 1. The Morgan fingerprint density at radius 2 is 2.18 bits per heavy atom. The normalized spacial score (nSPS) is 18.5. The summed E-state index contributed by atoms with van der Waals surface area (Å²) >= 11 is 0. The fraction of sp³-hybridized carbons (Fsp3) is 0.412. The lowest BCUT2D eigenvalue weighted by molar-refractivity contribution is 0.0708. The quantitative estimate of drug-likeness (QED) is 0.923. The Bertz CT molecular complexity index is 677. The van der Waals surface area contributed by atoms with E-state index in [-0.39, 0.29) is 11.9 Å². The molecule has 0 saturated carbocycles. The lowest BCUT2D eigenvalue weighted by atomic mass is 10.1. The highest BCUT2D eigenvalue weighted by Crippen LogP contribution is 2.22. The number of pyridine rings is 1. The minimum atomic E-state index is 0.0745. The van der Waals surface area contributed by atoms with Gasteiger partial charge in [-0.05, 0) is 44.9 Å². The minimum absolute atomic E-state index is 0.0745. The number of aryl methyl sites for hydroxylation is 1. The van der Waals surface area contributed by atoms with Crippen molar-refractivity contribution in [3.05, 3.63) is 47.4 Å². The molecule has 2 N–H and O–H groups in total. The number of aromatic nitrogens is 2. The molecule has 3 rings (SSSR count). The van der Waals surface area contributed by atoms with Gasteiger partial charge in [-0.15, -0.1) is 0 Å². The van der Waals surface area contributed by atoms with Crippen molar-refractivity contribution in [1.82, 2.24) is 14.5 Å². The third-order valence-corrected chi connectivity index (χ3v) is 4.28. The zero-order chi connectivity index (χ0) is 15.7. The number of nitrogens with two attached hydrogens (primary N) is 1. The van der Waals surface area contributed by atoms with E-state index in [1.165, 1.54) is 0 Å². The molecule has 1 saturated heterocycles. The second-order valence-corrected chi connectivity index (χ2v) is 5.96. The molecule has 0 spiro atoms. The van der Waals surface area contributed by atoms with Crippen LogP contribution in [0.25, 0.3) is 5.82 Å². The molecule has 0 bridgehead atoms. The predicted molar refractivity (Wildman–Crippen MR) is 86.2 cm³/mol. The van der Waals surface area contributed by atoms with E-state index < -0.39 is 0 Å². The fourth-order valence-electron chi connectivity index (χ4n) is 3.18. The van der Waals surface area contributed by atoms with Crippen LogP contribution in [0, 0.1) is 13.8 Å². The van der Waals surface area contributed by atoms with Crippen molar-refractivity contribution in [1.29, 1.82) is 0 Å². The SMILES string of the molecule is Cc1cc(C(=O)N2CCCC(N)C2)c(C)n1-c1ccccn1. The third kappa shape index (κ3) is 2.64. The van der Waals surface area contributed by atoms with Gasteiger partial charge in [0.2, 0.25) is 0 Å². The number of carbonyl (C=O) groups is 1. The first-order valence-corrected chi connectivity index (χ1v) is 7.73. The maximum Gasteiger partial charge on any atom is 0.255 e. The highest BCUT2D eigenvalue weighted by Gasteiger charge is 2.25. The third-order valence-electron chi connectivity index (χ3n) is 4.28. The van der Waals surface area contributed by atoms with Crippen molar-refractivity contribution in [2.24, 2.45) is 5.73 Å². The zero-order valence-corrected chi connectivity index (χ0v) is 13.1. The second kappa shape index (κ2) is 5.93. The van der Waals surface area contributed by atoms with E-state index in [0.717, 1.165) is 42.2 Å². The molecule has 1 atom stereocenters. The van der Waals surface area contributed by atoms with Crippen LogP contribution in [0.4, 0.5) is 0 Å². The Balaban J connectivity index is 1.94. The highest BCUT2D eigenvalue weighted by atomic mass is 16.2. The maximum absolute atomic E-state index is 12.8. The molecule has 0 aliphatic carbocycles. The number of carbonyl (C=O) groups excluding carboxylic acids is 1. The lowest BCUT2D eigenvalue weighted by Gasteiger charge is -2.30. The van der Waals surface area contributed by atoms with Crippen LogP contribution < -0.4 is 5.73 Å². The minimum Gasteiger partial charge on any atom is -0.337 e. The number of rotatable bonds is 2. The first kappa shape index (κ1) is 14.8. The molecule has 5 heteroatoms. The highest BCUT2D eigenvalue weighted by molar-refractivity contribution is 5.96. The monoisotopic (exact) mass is 298 g/mol. The Morgan fingerprint density at radius 3 is 2.86 bits per heavy atom. The molecule has 1 aliphatic heterocycles. The van der Waals surface area contributed by atoms with Crippen molar-refractivity contribution in [2.75, 3.05) is 13.1 Å². The molecular formula is C17H22N4O. The molecule has 1 aliphatic rings. The topological polar surface area (TPSA) is 64.2 Å². The lowest BCUT2D eigenvalue weighted by Crippen LogP contribution is -2.45. The molecule has 5 nitrogen and oxygen atoms in total. The molecule has 0 radical (unpaired) electrons. The van der Waals surface area contributed by atoms with Gasteiger partial charge in [0, 0.05) is 36.7 Å². The number of piperidine rings is 1. The summed E-state index contributed by atoms with van der Waals surface area (Å²) in [5, 5.41) is 0. The predicted octanol–water partition coefficient (Wildman–Crippen LogP) is 2.05. The van der Waals surface area contributed by atoms with Crippen LogP contribution in [0.3, 0.4) is 0 Å². The van der Waals surface area contributed by atoms with Crippen molar-refractivity contribution < 1.29 is 4.79 Å². The van der Waals surface area contributed by atoms with E-state index in [2.05, 4.69) is 4.98 Å². The van der Waals surface area contributed by atoms with E-state index in [1.54, 1.807) is 6.20 Å². The van der Waals surface area contributed by atoms with Crippen LogP contribution in [-0.4, -0.2) is 39.5 Å². The molecule has 0 aromatic carbocycles. The Labute approximate surface area is 130 Å². The number of hydrogen-bond donors (Lipinski definition) is 1. The first-order chi connectivity index (χ1) is 10.6. The van der Waals surface area contributed by atoms with Gasteiger partial charge in [0.1, 0.15) is 5.82 Å².